The second kappa shape index (κ2) is 8.13. The predicted molar refractivity (Wildman–Crippen MR) is 117 cm³/mol. The molecule has 1 N–H and O–H groups in total. The normalized spacial score (nSPS) is 14.3. The molecule has 0 unspecified atom stereocenters. The van der Waals surface area contributed by atoms with Crippen molar-refractivity contribution in [2.24, 2.45) is 7.05 Å². The average Bonchev–Trinajstić information content (AvgIpc) is 3.43. The van der Waals surface area contributed by atoms with E-state index in [2.05, 4.69) is 15.3 Å². The zero-order chi connectivity index (χ0) is 21.4. The van der Waals surface area contributed by atoms with Gasteiger partial charge in [0.1, 0.15) is 5.82 Å². The number of morpholine rings is 1. The summed E-state index contributed by atoms with van der Waals surface area (Å²) in [6.07, 6.45) is 2.28. The van der Waals surface area contributed by atoms with E-state index < -0.39 is 0 Å². The molecular formula is C22H21ClN6O2. The van der Waals surface area contributed by atoms with Crippen molar-refractivity contribution in [1.29, 1.82) is 0 Å². The van der Waals surface area contributed by atoms with Gasteiger partial charge in [-0.25, -0.2) is 4.98 Å². The van der Waals surface area contributed by atoms with Crippen molar-refractivity contribution in [2.45, 2.75) is 6.42 Å². The first-order chi connectivity index (χ1) is 15.1. The molecule has 1 aliphatic heterocycles. The molecule has 8 nitrogen and oxygen atoms in total. The van der Waals surface area contributed by atoms with Crippen molar-refractivity contribution in [3.05, 3.63) is 64.6 Å². The molecule has 0 bridgehead atoms. The molecule has 2 aromatic heterocycles. The van der Waals surface area contributed by atoms with Gasteiger partial charge in [-0.3, -0.25) is 14.6 Å². The molecule has 1 fully saturated rings. The minimum Gasteiger partial charge on any atom is -0.378 e. The van der Waals surface area contributed by atoms with E-state index in [1.807, 2.05) is 48.3 Å². The number of benzene rings is 2. The monoisotopic (exact) mass is 436 g/mol. The number of hydrogen-bond acceptors (Lipinski definition) is 5. The number of halogens is 1. The van der Waals surface area contributed by atoms with E-state index in [4.69, 9.17) is 21.3 Å². The molecule has 0 atom stereocenters. The molecule has 158 valence electrons. The Morgan fingerprint density at radius 3 is 2.71 bits per heavy atom. The van der Waals surface area contributed by atoms with Crippen molar-refractivity contribution in [2.75, 3.05) is 26.3 Å². The Bertz CT molecular complexity index is 1240. The van der Waals surface area contributed by atoms with Crippen molar-refractivity contribution in [1.82, 2.24) is 29.9 Å². The van der Waals surface area contributed by atoms with Crippen LogP contribution in [0.4, 0.5) is 0 Å². The van der Waals surface area contributed by atoms with Gasteiger partial charge in [0, 0.05) is 43.1 Å². The highest BCUT2D eigenvalue weighted by atomic mass is 35.5. The van der Waals surface area contributed by atoms with Crippen LogP contribution in [-0.4, -0.2) is 62.1 Å². The number of carbonyl (C=O) groups excluding carboxylic acids is 1. The van der Waals surface area contributed by atoms with E-state index in [1.165, 1.54) is 0 Å². The van der Waals surface area contributed by atoms with Gasteiger partial charge in [-0.15, -0.1) is 0 Å². The van der Waals surface area contributed by atoms with Crippen LogP contribution in [0.2, 0.25) is 5.02 Å². The Morgan fingerprint density at radius 1 is 1.16 bits per heavy atom. The third-order valence-electron chi connectivity index (χ3n) is 5.53. The van der Waals surface area contributed by atoms with Crippen molar-refractivity contribution in [3.63, 3.8) is 0 Å². The third kappa shape index (κ3) is 3.80. The Hall–Kier alpha value is -3.23. The highest BCUT2D eigenvalue weighted by molar-refractivity contribution is 6.36. The molecule has 0 saturated carbocycles. The number of fused-ring (bicyclic) bond motifs is 1. The molecule has 0 spiro atoms. The van der Waals surface area contributed by atoms with Gasteiger partial charge in [0.2, 0.25) is 0 Å². The summed E-state index contributed by atoms with van der Waals surface area (Å²) in [5.41, 5.74) is 3.38. The van der Waals surface area contributed by atoms with Gasteiger partial charge < -0.3 is 9.64 Å². The van der Waals surface area contributed by atoms with E-state index in [9.17, 15) is 4.79 Å². The predicted octanol–water partition coefficient (Wildman–Crippen LogP) is 3.08. The molecule has 2 aromatic carbocycles. The van der Waals surface area contributed by atoms with Crippen LogP contribution in [-0.2, 0) is 18.2 Å². The highest BCUT2D eigenvalue weighted by Gasteiger charge is 2.19. The summed E-state index contributed by atoms with van der Waals surface area (Å²) in [6.45, 7) is 2.42. The van der Waals surface area contributed by atoms with Crippen LogP contribution in [0.5, 0.6) is 0 Å². The lowest BCUT2D eigenvalue weighted by Gasteiger charge is -2.26. The first kappa shape index (κ1) is 19.7. The van der Waals surface area contributed by atoms with Gasteiger partial charge >= 0.3 is 0 Å². The number of H-pyrrole nitrogens is 1. The van der Waals surface area contributed by atoms with Gasteiger partial charge in [0.25, 0.3) is 5.91 Å². The van der Waals surface area contributed by atoms with Crippen LogP contribution < -0.4 is 0 Å². The van der Waals surface area contributed by atoms with E-state index in [-0.39, 0.29) is 5.91 Å². The maximum Gasteiger partial charge on any atom is 0.254 e. The molecule has 1 aliphatic rings. The van der Waals surface area contributed by atoms with Gasteiger partial charge in [-0.2, -0.15) is 10.2 Å². The minimum atomic E-state index is 0.0220. The summed E-state index contributed by atoms with van der Waals surface area (Å²) < 4.78 is 7.08. The van der Waals surface area contributed by atoms with Crippen molar-refractivity contribution >= 4 is 28.4 Å². The van der Waals surface area contributed by atoms with Crippen LogP contribution in [0.25, 0.3) is 22.3 Å². The number of nitrogens with one attached hydrogen (secondary N) is 1. The molecule has 0 radical (unpaired) electrons. The Labute approximate surface area is 183 Å². The summed E-state index contributed by atoms with van der Waals surface area (Å²) in [7, 11) is 1.87. The Balaban J connectivity index is 1.36. The maximum absolute atomic E-state index is 12.6. The number of aryl methyl sites for hydroxylation is 1. The topological polar surface area (TPSA) is 88.9 Å². The largest absolute Gasteiger partial charge is 0.378 e. The van der Waals surface area contributed by atoms with Crippen LogP contribution >= 0.6 is 11.6 Å². The number of hydrogen-bond donors (Lipinski definition) is 1. The molecule has 5 rings (SSSR count). The van der Waals surface area contributed by atoms with E-state index >= 15 is 0 Å². The van der Waals surface area contributed by atoms with Crippen LogP contribution in [0.1, 0.15) is 21.7 Å². The number of aromatic nitrogens is 5. The van der Waals surface area contributed by atoms with Crippen LogP contribution in [0, 0.1) is 0 Å². The number of carbonyl (C=O) groups is 1. The van der Waals surface area contributed by atoms with E-state index in [1.54, 1.807) is 10.9 Å². The lowest BCUT2D eigenvalue weighted by Crippen LogP contribution is -2.40. The van der Waals surface area contributed by atoms with E-state index in [0.717, 1.165) is 27.9 Å². The zero-order valence-electron chi connectivity index (χ0n) is 17.0. The fraction of sp³-hybridized carbons (Fsp3) is 0.273. The second-order valence-corrected chi connectivity index (χ2v) is 7.88. The van der Waals surface area contributed by atoms with Gasteiger partial charge in [-0.05, 0) is 23.8 Å². The molecule has 1 amide bonds. The number of ether oxygens (including phenoxy) is 1. The fourth-order valence-electron chi connectivity index (χ4n) is 3.74. The Morgan fingerprint density at radius 2 is 1.94 bits per heavy atom. The lowest BCUT2D eigenvalue weighted by molar-refractivity contribution is 0.0303. The van der Waals surface area contributed by atoms with Gasteiger partial charge in [-0.1, -0.05) is 29.8 Å². The molecule has 31 heavy (non-hydrogen) atoms. The quantitative estimate of drug-likeness (QED) is 0.531. The van der Waals surface area contributed by atoms with Crippen molar-refractivity contribution < 1.29 is 9.53 Å². The first-order valence-corrected chi connectivity index (χ1v) is 10.5. The summed E-state index contributed by atoms with van der Waals surface area (Å²) in [5.74, 6) is 1.44. The third-order valence-corrected chi connectivity index (χ3v) is 5.97. The SMILES string of the molecule is Cn1nc(-c2ccc(C(=O)N3CCOCC3)cc2)nc1Cc1ccc2[nH]ncc2c1Cl. The summed E-state index contributed by atoms with van der Waals surface area (Å²) >= 11 is 6.56. The summed E-state index contributed by atoms with van der Waals surface area (Å²) in [6, 6.07) is 11.4. The number of aromatic amines is 1. The van der Waals surface area contributed by atoms with Crippen molar-refractivity contribution in [3.8, 4) is 11.4 Å². The lowest BCUT2D eigenvalue weighted by atomic mass is 10.1. The molecule has 1 saturated heterocycles. The standard InChI is InChI=1S/C22H21ClN6O2/c1-28-19(12-16-6-7-18-17(20(16)23)13-24-26-18)25-21(27-28)14-2-4-15(5-3-14)22(30)29-8-10-31-11-9-29/h2-7,13H,8-12H2,1H3,(H,24,26). The number of amides is 1. The minimum absolute atomic E-state index is 0.0220. The van der Waals surface area contributed by atoms with Gasteiger partial charge in [0.05, 0.1) is 29.9 Å². The summed E-state index contributed by atoms with van der Waals surface area (Å²) in [4.78, 5) is 19.2. The van der Waals surface area contributed by atoms with Crippen LogP contribution in [0.15, 0.2) is 42.6 Å². The van der Waals surface area contributed by atoms with Gasteiger partial charge in [0.15, 0.2) is 5.82 Å². The maximum atomic E-state index is 12.6. The Kier molecular flexibility index (Phi) is 5.17. The molecule has 3 heterocycles. The molecule has 4 aromatic rings. The number of nitrogens with zero attached hydrogens (tertiary/aromatic N) is 5. The molecule has 0 aliphatic carbocycles. The second-order valence-electron chi connectivity index (χ2n) is 7.50. The zero-order valence-corrected chi connectivity index (χ0v) is 17.8. The average molecular weight is 437 g/mol. The number of rotatable bonds is 4. The fourth-order valence-corrected chi connectivity index (χ4v) is 4.02. The highest BCUT2D eigenvalue weighted by Crippen LogP contribution is 2.28. The smallest absolute Gasteiger partial charge is 0.254 e. The summed E-state index contributed by atoms with van der Waals surface area (Å²) in [5, 5.41) is 13.1. The first-order valence-electron chi connectivity index (χ1n) is 10.1. The van der Waals surface area contributed by atoms with E-state index in [0.29, 0.717) is 49.1 Å². The molecule has 9 heteroatoms. The molecular weight excluding hydrogens is 416 g/mol. The van der Waals surface area contributed by atoms with Crippen LogP contribution in [0.3, 0.4) is 0 Å².